The van der Waals surface area contributed by atoms with Gasteiger partial charge in [-0.05, 0) is 40.3 Å². The number of aromatic hydroxyl groups is 1. The van der Waals surface area contributed by atoms with Crippen molar-refractivity contribution < 1.29 is 14.6 Å². The number of rotatable bonds is 4. The summed E-state index contributed by atoms with van der Waals surface area (Å²) in [5, 5.41) is 10.9. The van der Waals surface area contributed by atoms with Crippen LogP contribution in [0.1, 0.15) is 71.4 Å². The monoisotopic (exact) mass is 370 g/mol. The second kappa shape index (κ2) is 6.52. The van der Waals surface area contributed by atoms with Crippen LogP contribution in [-0.2, 0) is 4.79 Å². The molecule has 3 aromatic rings. The lowest BCUT2D eigenvalue weighted by molar-refractivity contribution is -0.134. The summed E-state index contributed by atoms with van der Waals surface area (Å²) in [5.41, 5.74) is 7.03. The number of unbranched alkanes of at least 4 members (excludes halogenated alkanes) is 1. The third-order valence-electron chi connectivity index (χ3n) is 5.97. The van der Waals surface area contributed by atoms with Crippen molar-refractivity contribution >= 4 is 5.97 Å². The highest BCUT2D eigenvalue weighted by atomic mass is 16.5. The molecular weight excluding hydrogens is 348 g/mol. The van der Waals surface area contributed by atoms with Crippen molar-refractivity contribution in [1.29, 1.82) is 0 Å². The number of hydrogen-bond acceptors (Lipinski definition) is 3. The van der Waals surface area contributed by atoms with Crippen LogP contribution in [0.15, 0.2) is 60.7 Å². The highest BCUT2D eigenvalue weighted by Crippen LogP contribution is 2.58. The van der Waals surface area contributed by atoms with Gasteiger partial charge < -0.3 is 9.84 Å². The largest absolute Gasteiger partial charge is 0.507 e. The van der Waals surface area contributed by atoms with Gasteiger partial charge in [-0.3, -0.25) is 4.79 Å². The van der Waals surface area contributed by atoms with E-state index < -0.39 is 0 Å². The van der Waals surface area contributed by atoms with E-state index in [0.717, 1.165) is 24.0 Å². The minimum atomic E-state index is -0.247. The SMILES string of the molecule is CCCCC(=O)Oc1cc(O)c2c(c1)C1c3ccccc3C2c2ccccc21. The molecule has 2 bridgehead atoms. The van der Waals surface area contributed by atoms with Crippen molar-refractivity contribution in [3.05, 3.63) is 94.0 Å². The Bertz CT molecular complexity index is 1040. The number of phenolic OH excluding ortho intramolecular Hbond substituents is 1. The first-order valence-corrected chi connectivity index (χ1v) is 9.94. The van der Waals surface area contributed by atoms with Gasteiger partial charge in [0.2, 0.25) is 0 Å². The Morgan fingerprint density at radius 2 is 1.46 bits per heavy atom. The maximum absolute atomic E-state index is 12.1. The minimum Gasteiger partial charge on any atom is -0.507 e. The molecule has 140 valence electrons. The summed E-state index contributed by atoms with van der Waals surface area (Å²) in [6, 6.07) is 20.4. The lowest BCUT2D eigenvalue weighted by Crippen LogP contribution is -2.27. The van der Waals surface area contributed by atoms with E-state index in [2.05, 4.69) is 48.5 Å². The number of esters is 1. The summed E-state index contributed by atoms with van der Waals surface area (Å²) in [6.45, 7) is 2.05. The molecule has 3 nitrogen and oxygen atoms in total. The van der Waals surface area contributed by atoms with E-state index in [4.69, 9.17) is 4.74 Å². The number of benzene rings is 3. The van der Waals surface area contributed by atoms with Gasteiger partial charge in [0.15, 0.2) is 0 Å². The minimum absolute atomic E-state index is 0.0113. The average Bonchev–Trinajstić information content (AvgIpc) is 2.72. The number of carbonyl (C=O) groups excluding carboxylic acids is 1. The van der Waals surface area contributed by atoms with Crippen molar-refractivity contribution in [2.45, 2.75) is 38.0 Å². The number of hydrogen-bond donors (Lipinski definition) is 1. The fourth-order valence-electron chi connectivity index (χ4n) is 4.80. The lowest BCUT2D eigenvalue weighted by atomic mass is 9.61. The summed E-state index contributed by atoms with van der Waals surface area (Å²) in [6.07, 6.45) is 2.15. The van der Waals surface area contributed by atoms with Crippen LogP contribution in [0.25, 0.3) is 0 Å². The number of ether oxygens (including phenoxy) is 1. The second-order valence-corrected chi connectivity index (χ2v) is 7.65. The van der Waals surface area contributed by atoms with Crippen molar-refractivity contribution in [3.8, 4) is 11.5 Å². The molecule has 0 atom stereocenters. The van der Waals surface area contributed by atoms with E-state index >= 15 is 0 Å². The summed E-state index contributed by atoms with van der Waals surface area (Å²) in [5.74, 6) is 0.447. The summed E-state index contributed by atoms with van der Waals surface area (Å²) in [7, 11) is 0. The molecule has 0 saturated heterocycles. The topological polar surface area (TPSA) is 46.5 Å². The Morgan fingerprint density at radius 1 is 0.893 bits per heavy atom. The van der Waals surface area contributed by atoms with Gasteiger partial charge in [0, 0.05) is 29.9 Å². The first-order chi connectivity index (χ1) is 13.7. The van der Waals surface area contributed by atoms with Crippen LogP contribution in [-0.4, -0.2) is 11.1 Å². The van der Waals surface area contributed by atoms with Gasteiger partial charge in [0.1, 0.15) is 11.5 Å². The molecule has 3 aliphatic rings. The van der Waals surface area contributed by atoms with Gasteiger partial charge >= 0.3 is 5.97 Å². The molecule has 0 unspecified atom stereocenters. The first-order valence-electron chi connectivity index (χ1n) is 9.94. The van der Waals surface area contributed by atoms with Crippen molar-refractivity contribution in [3.63, 3.8) is 0 Å². The van der Waals surface area contributed by atoms with Crippen LogP contribution in [0, 0.1) is 0 Å². The van der Waals surface area contributed by atoms with Crippen LogP contribution in [0.3, 0.4) is 0 Å². The molecule has 3 aliphatic carbocycles. The zero-order valence-electron chi connectivity index (χ0n) is 15.8. The van der Waals surface area contributed by atoms with Crippen LogP contribution in [0.5, 0.6) is 11.5 Å². The van der Waals surface area contributed by atoms with Crippen LogP contribution >= 0.6 is 0 Å². The van der Waals surface area contributed by atoms with Crippen molar-refractivity contribution in [2.75, 3.05) is 0 Å². The highest BCUT2D eigenvalue weighted by molar-refractivity contribution is 5.75. The zero-order chi connectivity index (χ0) is 19.3. The molecule has 1 N–H and O–H groups in total. The molecule has 0 aliphatic heterocycles. The fourth-order valence-corrected chi connectivity index (χ4v) is 4.80. The third kappa shape index (κ3) is 2.46. The standard InChI is InChI=1S/C25H22O3/c1-2-3-12-22(27)28-15-13-20-23-16-8-4-6-10-18(16)24(25(20)21(26)14-15)19-11-7-5-9-17(19)23/h4-11,13-14,23-24,26H,2-3,12H2,1H3. The van der Waals surface area contributed by atoms with Crippen molar-refractivity contribution in [2.24, 2.45) is 0 Å². The Hall–Kier alpha value is -3.07. The fraction of sp³-hybridized carbons (Fsp3) is 0.240. The Morgan fingerprint density at radius 3 is 2.04 bits per heavy atom. The maximum Gasteiger partial charge on any atom is 0.311 e. The predicted octanol–water partition coefficient (Wildman–Crippen LogP) is 5.48. The molecule has 0 spiro atoms. The highest BCUT2D eigenvalue weighted by Gasteiger charge is 2.42. The van der Waals surface area contributed by atoms with E-state index in [1.165, 1.54) is 22.3 Å². The van der Waals surface area contributed by atoms with E-state index in [-0.39, 0.29) is 23.6 Å². The maximum atomic E-state index is 12.1. The molecule has 28 heavy (non-hydrogen) atoms. The lowest BCUT2D eigenvalue weighted by Gasteiger charge is -2.42. The summed E-state index contributed by atoms with van der Waals surface area (Å²) in [4.78, 5) is 12.1. The number of carbonyl (C=O) groups is 1. The van der Waals surface area contributed by atoms with Crippen LogP contribution < -0.4 is 4.74 Å². The summed E-state index contributed by atoms with van der Waals surface area (Å²) < 4.78 is 5.55. The Kier molecular flexibility index (Phi) is 3.97. The molecule has 0 aromatic heterocycles. The molecule has 3 heteroatoms. The van der Waals surface area contributed by atoms with Gasteiger partial charge in [-0.15, -0.1) is 0 Å². The van der Waals surface area contributed by atoms with Gasteiger partial charge in [0.05, 0.1) is 0 Å². The second-order valence-electron chi connectivity index (χ2n) is 7.65. The normalized spacial score (nSPS) is 18.2. The summed E-state index contributed by atoms with van der Waals surface area (Å²) >= 11 is 0. The van der Waals surface area contributed by atoms with Gasteiger partial charge in [-0.25, -0.2) is 0 Å². The third-order valence-corrected chi connectivity index (χ3v) is 5.97. The van der Waals surface area contributed by atoms with E-state index in [1.54, 1.807) is 6.07 Å². The molecule has 0 radical (unpaired) electrons. The smallest absolute Gasteiger partial charge is 0.311 e. The molecule has 3 aromatic carbocycles. The average molecular weight is 370 g/mol. The predicted molar refractivity (Wildman–Crippen MR) is 108 cm³/mol. The molecule has 0 amide bonds. The van der Waals surface area contributed by atoms with Gasteiger partial charge in [-0.2, -0.15) is 0 Å². The van der Waals surface area contributed by atoms with Crippen LogP contribution in [0.4, 0.5) is 0 Å². The van der Waals surface area contributed by atoms with E-state index in [9.17, 15) is 9.90 Å². The van der Waals surface area contributed by atoms with E-state index in [1.807, 2.05) is 13.0 Å². The first kappa shape index (κ1) is 17.1. The Balaban J connectivity index is 1.64. The molecule has 0 saturated carbocycles. The van der Waals surface area contributed by atoms with Gasteiger partial charge in [0.25, 0.3) is 0 Å². The van der Waals surface area contributed by atoms with Crippen LogP contribution in [0.2, 0.25) is 0 Å². The molecular formula is C25H22O3. The molecule has 6 rings (SSSR count). The van der Waals surface area contributed by atoms with Gasteiger partial charge in [-0.1, -0.05) is 61.9 Å². The van der Waals surface area contributed by atoms with Crippen molar-refractivity contribution in [1.82, 2.24) is 0 Å². The van der Waals surface area contributed by atoms with E-state index in [0.29, 0.717) is 12.2 Å². The number of phenols is 1. The zero-order valence-corrected chi connectivity index (χ0v) is 15.8. The quantitative estimate of drug-likeness (QED) is 0.337. The molecule has 0 fully saturated rings. The Labute approximate surface area is 164 Å². The molecule has 0 heterocycles.